The second-order valence-electron chi connectivity index (χ2n) is 6.15. The first kappa shape index (κ1) is 15.4. The maximum atomic E-state index is 12.7. The Hall–Kier alpha value is -2.18. The Bertz CT molecular complexity index is 913. The molecule has 3 heterocycles. The van der Waals surface area contributed by atoms with Gasteiger partial charge in [-0.05, 0) is 31.3 Å². The van der Waals surface area contributed by atoms with Crippen LogP contribution in [0, 0.1) is 0 Å². The molecule has 1 aliphatic rings. The Labute approximate surface area is 144 Å². The van der Waals surface area contributed by atoms with Crippen LogP contribution in [0.25, 0.3) is 21.1 Å². The highest BCUT2D eigenvalue weighted by atomic mass is 32.1. The van der Waals surface area contributed by atoms with Crippen LogP contribution in [0.2, 0.25) is 0 Å². The van der Waals surface area contributed by atoms with Gasteiger partial charge in [0.15, 0.2) is 0 Å². The minimum absolute atomic E-state index is 0.118. The molecule has 0 bridgehead atoms. The summed E-state index contributed by atoms with van der Waals surface area (Å²) < 4.78 is 5.26. The van der Waals surface area contributed by atoms with E-state index in [1.807, 2.05) is 29.2 Å². The minimum atomic E-state index is 0.118. The summed E-state index contributed by atoms with van der Waals surface area (Å²) in [5.74, 6) is 0.910. The van der Waals surface area contributed by atoms with Crippen molar-refractivity contribution in [1.82, 2.24) is 14.8 Å². The lowest BCUT2D eigenvalue weighted by Gasteiger charge is -2.32. The molecule has 1 fully saturated rings. The number of methoxy groups -OCH3 is 1. The summed E-state index contributed by atoms with van der Waals surface area (Å²) in [4.78, 5) is 23.3. The van der Waals surface area contributed by atoms with Crippen molar-refractivity contribution in [3.05, 3.63) is 35.2 Å². The third-order valence-electron chi connectivity index (χ3n) is 4.51. The van der Waals surface area contributed by atoms with E-state index in [1.54, 1.807) is 7.11 Å². The van der Waals surface area contributed by atoms with Crippen molar-refractivity contribution in [2.24, 2.45) is 0 Å². The number of carbonyl (C=O) groups is 1. The third kappa shape index (κ3) is 2.72. The predicted molar refractivity (Wildman–Crippen MR) is 97.1 cm³/mol. The number of thiophene rings is 1. The molecule has 0 spiro atoms. The number of likely N-dealkylation sites (N-methyl/N-ethyl adjacent to an activating group) is 1. The van der Waals surface area contributed by atoms with Crippen molar-refractivity contribution in [2.75, 3.05) is 40.3 Å². The van der Waals surface area contributed by atoms with Gasteiger partial charge in [0.25, 0.3) is 5.91 Å². The van der Waals surface area contributed by atoms with Crippen molar-refractivity contribution in [3.8, 4) is 5.75 Å². The number of amides is 1. The van der Waals surface area contributed by atoms with Crippen LogP contribution in [0.5, 0.6) is 5.75 Å². The van der Waals surface area contributed by atoms with Crippen molar-refractivity contribution in [2.45, 2.75) is 0 Å². The quantitative estimate of drug-likeness (QED) is 0.719. The van der Waals surface area contributed by atoms with Gasteiger partial charge >= 0.3 is 0 Å². The molecule has 0 saturated carbocycles. The van der Waals surface area contributed by atoms with E-state index in [1.165, 1.54) is 11.3 Å². The summed E-state index contributed by atoms with van der Waals surface area (Å²) in [6, 6.07) is 9.92. The number of fused-ring (bicyclic) bond motifs is 2. The second-order valence-corrected chi connectivity index (χ2v) is 7.18. The molecule has 5 nitrogen and oxygen atoms in total. The van der Waals surface area contributed by atoms with Gasteiger partial charge in [0.1, 0.15) is 10.6 Å². The molecule has 24 heavy (non-hydrogen) atoms. The fraction of sp³-hybridized carbons (Fsp3) is 0.333. The van der Waals surface area contributed by atoms with Crippen LogP contribution in [0.1, 0.15) is 9.67 Å². The number of rotatable bonds is 2. The van der Waals surface area contributed by atoms with E-state index in [0.717, 1.165) is 57.9 Å². The van der Waals surface area contributed by atoms with Crippen LogP contribution in [0.4, 0.5) is 0 Å². The van der Waals surface area contributed by atoms with E-state index >= 15 is 0 Å². The van der Waals surface area contributed by atoms with Gasteiger partial charge in [-0.25, -0.2) is 4.98 Å². The molecule has 6 heteroatoms. The lowest BCUT2D eigenvalue weighted by atomic mass is 10.2. The molecular formula is C18H19N3O2S. The second kappa shape index (κ2) is 6.03. The van der Waals surface area contributed by atoms with E-state index in [9.17, 15) is 4.79 Å². The van der Waals surface area contributed by atoms with Gasteiger partial charge < -0.3 is 14.5 Å². The smallest absolute Gasteiger partial charge is 0.264 e. The fourth-order valence-electron chi connectivity index (χ4n) is 3.00. The Morgan fingerprint density at radius 2 is 1.92 bits per heavy atom. The van der Waals surface area contributed by atoms with Gasteiger partial charge in [0, 0.05) is 43.0 Å². The summed E-state index contributed by atoms with van der Waals surface area (Å²) >= 11 is 1.47. The van der Waals surface area contributed by atoms with Crippen LogP contribution in [0.3, 0.4) is 0 Å². The SMILES string of the molecule is COc1ccc2cc3cc(C(=O)N4CCN(C)CC4)sc3nc2c1. The molecule has 124 valence electrons. The Balaban J connectivity index is 1.69. The highest BCUT2D eigenvalue weighted by Gasteiger charge is 2.22. The van der Waals surface area contributed by atoms with E-state index in [4.69, 9.17) is 9.72 Å². The first-order chi connectivity index (χ1) is 11.6. The minimum Gasteiger partial charge on any atom is -0.497 e. The number of pyridine rings is 1. The monoisotopic (exact) mass is 341 g/mol. The third-order valence-corrected chi connectivity index (χ3v) is 5.54. The molecule has 1 saturated heterocycles. The molecule has 0 unspecified atom stereocenters. The highest BCUT2D eigenvalue weighted by molar-refractivity contribution is 7.20. The van der Waals surface area contributed by atoms with Gasteiger partial charge in [-0.2, -0.15) is 0 Å². The zero-order valence-corrected chi connectivity index (χ0v) is 14.6. The van der Waals surface area contributed by atoms with Gasteiger partial charge in [-0.1, -0.05) is 0 Å². The molecule has 1 amide bonds. The summed E-state index contributed by atoms with van der Waals surface area (Å²) in [6.07, 6.45) is 0. The number of carbonyl (C=O) groups excluding carboxylic acids is 1. The van der Waals surface area contributed by atoms with Crippen LogP contribution >= 0.6 is 11.3 Å². The van der Waals surface area contributed by atoms with E-state index in [0.29, 0.717) is 0 Å². The Kier molecular flexibility index (Phi) is 3.86. The van der Waals surface area contributed by atoms with E-state index < -0.39 is 0 Å². The van der Waals surface area contributed by atoms with Crippen molar-refractivity contribution < 1.29 is 9.53 Å². The van der Waals surface area contributed by atoms with Crippen molar-refractivity contribution in [1.29, 1.82) is 0 Å². The van der Waals surface area contributed by atoms with Crippen LogP contribution in [-0.2, 0) is 0 Å². The first-order valence-corrected chi connectivity index (χ1v) is 8.82. The van der Waals surface area contributed by atoms with Crippen LogP contribution < -0.4 is 4.74 Å². The fourth-order valence-corrected chi connectivity index (χ4v) is 3.99. The van der Waals surface area contributed by atoms with Crippen LogP contribution in [0.15, 0.2) is 30.3 Å². The molecule has 3 aromatic rings. The standard InChI is InChI=1S/C18H19N3O2S/c1-20-5-7-21(8-6-20)18(22)16-10-13-9-12-3-4-14(23-2)11-15(12)19-17(13)24-16/h3-4,9-11H,5-8H2,1-2H3. The molecule has 1 aliphatic heterocycles. The van der Waals surface area contributed by atoms with Crippen LogP contribution in [-0.4, -0.2) is 61.0 Å². The molecule has 1 aromatic carbocycles. The molecular weight excluding hydrogens is 322 g/mol. The average Bonchev–Trinajstić information content (AvgIpc) is 3.02. The summed E-state index contributed by atoms with van der Waals surface area (Å²) in [5, 5.41) is 2.08. The maximum Gasteiger partial charge on any atom is 0.264 e. The summed E-state index contributed by atoms with van der Waals surface area (Å²) in [7, 11) is 3.74. The van der Waals surface area contributed by atoms with Gasteiger partial charge in [0.2, 0.25) is 0 Å². The Morgan fingerprint density at radius 1 is 1.12 bits per heavy atom. The van der Waals surface area contributed by atoms with Gasteiger partial charge in [-0.3, -0.25) is 4.79 Å². The Morgan fingerprint density at radius 3 is 2.67 bits per heavy atom. The normalized spacial score (nSPS) is 16.0. The van der Waals surface area contributed by atoms with Crippen molar-refractivity contribution >= 4 is 38.4 Å². The number of hydrogen-bond donors (Lipinski definition) is 0. The summed E-state index contributed by atoms with van der Waals surface area (Å²) in [6.45, 7) is 3.43. The summed E-state index contributed by atoms with van der Waals surface area (Å²) in [5.41, 5.74) is 0.891. The number of piperazine rings is 1. The first-order valence-electron chi connectivity index (χ1n) is 8.00. The lowest BCUT2D eigenvalue weighted by Crippen LogP contribution is -2.46. The van der Waals surface area contributed by atoms with E-state index in [-0.39, 0.29) is 5.91 Å². The molecule has 4 rings (SSSR count). The number of nitrogens with zero attached hydrogens (tertiary/aromatic N) is 3. The molecule has 0 aliphatic carbocycles. The van der Waals surface area contributed by atoms with E-state index in [2.05, 4.69) is 18.0 Å². The van der Waals surface area contributed by atoms with Crippen molar-refractivity contribution in [3.63, 3.8) is 0 Å². The average molecular weight is 341 g/mol. The maximum absolute atomic E-state index is 12.7. The number of hydrogen-bond acceptors (Lipinski definition) is 5. The number of benzene rings is 1. The topological polar surface area (TPSA) is 45.7 Å². The molecule has 0 radical (unpaired) electrons. The van der Waals surface area contributed by atoms with Gasteiger partial charge in [-0.15, -0.1) is 11.3 Å². The largest absolute Gasteiger partial charge is 0.497 e. The molecule has 0 atom stereocenters. The predicted octanol–water partition coefficient (Wildman–Crippen LogP) is 2.85. The zero-order valence-electron chi connectivity index (χ0n) is 13.8. The number of ether oxygens (including phenoxy) is 1. The number of aromatic nitrogens is 1. The lowest BCUT2D eigenvalue weighted by molar-refractivity contribution is 0.0669. The highest BCUT2D eigenvalue weighted by Crippen LogP contribution is 2.29. The van der Waals surface area contributed by atoms with Gasteiger partial charge in [0.05, 0.1) is 17.5 Å². The zero-order chi connectivity index (χ0) is 16.7. The molecule has 2 aromatic heterocycles. The molecule has 0 N–H and O–H groups in total.